The van der Waals surface area contributed by atoms with Gasteiger partial charge in [-0.1, -0.05) is 50.7 Å². The van der Waals surface area contributed by atoms with Crippen LogP contribution in [-0.4, -0.2) is 48.1 Å². The third-order valence-electron chi connectivity index (χ3n) is 6.66. The fraction of sp³-hybridized carbons (Fsp3) is 0.636. The number of sulfonamides is 1. The van der Waals surface area contributed by atoms with Gasteiger partial charge < -0.3 is 4.90 Å². The minimum absolute atomic E-state index is 0.00255. The molecule has 158 valence electrons. The molecule has 0 spiro atoms. The average Bonchev–Trinajstić information content (AvgIpc) is 2.94. The Morgan fingerprint density at radius 2 is 1.48 bits per heavy atom. The molecule has 2 fully saturated rings. The Bertz CT molecular complexity index is 853. The van der Waals surface area contributed by atoms with Gasteiger partial charge in [-0.05, 0) is 37.8 Å². The summed E-state index contributed by atoms with van der Waals surface area (Å²) in [7, 11) is -3.85. The molecule has 0 unspecified atom stereocenters. The van der Waals surface area contributed by atoms with E-state index < -0.39 is 15.9 Å². The van der Waals surface area contributed by atoms with Crippen molar-refractivity contribution in [1.29, 1.82) is 0 Å². The number of carbonyl (C=O) groups excluding carboxylic acids is 2. The first-order valence-electron chi connectivity index (χ1n) is 11.0. The van der Waals surface area contributed by atoms with E-state index >= 15 is 0 Å². The molecule has 0 atom stereocenters. The predicted molar refractivity (Wildman–Crippen MR) is 110 cm³/mol. The lowest BCUT2D eigenvalue weighted by atomic mass is 9.88. The number of amides is 2. The van der Waals surface area contributed by atoms with Crippen molar-refractivity contribution in [2.45, 2.75) is 87.6 Å². The van der Waals surface area contributed by atoms with Crippen LogP contribution in [0.1, 0.15) is 81.0 Å². The second-order valence-corrected chi connectivity index (χ2v) is 10.3. The molecule has 1 aromatic carbocycles. The van der Waals surface area contributed by atoms with Gasteiger partial charge in [0, 0.05) is 25.0 Å². The maximum absolute atomic E-state index is 13.3. The van der Waals surface area contributed by atoms with E-state index in [-0.39, 0.29) is 41.4 Å². The zero-order chi connectivity index (χ0) is 20.4. The molecule has 0 aromatic heterocycles. The van der Waals surface area contributed by atoms with Crippen LogP contribution in [0.5, 0.6) is 0 Å². The van der Waals surface area contributed by atoms with Gasteiger partial charge in [0.15, 0.2) is 0 Å². The highest BCUT2D eigenvalue weighted by Gasteiger charge is 2.41. The minimum atomic E-state index is -3.85. The first-order chi connectivity index (χ1) is 14.0. The third kappa shape index (κ3) is 3.93. The Labute approximate surface area is 173 Å². The van der Waals surface area contributed by atoms with Crippen molar-refractivity contribution in [2.24, 2.45) is 0 Å². The summed E-state index contributed by atoms with van der Waals surface area (Å²) in [6.45, 7) is -0.0788. The van der Waals surface area contributed by atoms with Gasteiger partial charge in [0.05, 0.1) is 5.56 Å². The standard InChI is InChI=1S/C22H30N2O4S/c25-21(24(17-9-3-1-4-10-17)18-11-5-2-6-12-18)15-16-23-22(26)19-13-7-8-14-20(19)29(23,27)28/h7-8,13-14,17-18H,1-6,9-12,15-16H2. The molecule has 2 saturated carbocycles. The summed E-state index contributed by atoms with van der Waals surface area (Å²) in [4.78, 5) is 28.0. The lowest BCUT2D eigenvalue weighted by Crippen LogP contribution is -2.49. The summed E-state index contributed by atoms with van der Waals surface area (Å²) in [5.74, 6) is -0.516. The van der Waals surface area contributed by atoms with Crippen molar-refractivity contribution in [3.8, 4) is 0 Å². The van der Waals surface area contributed by atoms with E-state index in [1.54, 1.807) is 12.1 Å². The van der Waals surface area contributed by atoms with Gasteiger partial charge in [0.1, 0.15) is 4.90 Å². The largest absolute Gasteiger partial charge is 0.337 e. The zero-order valence-corrected chi connectivity index (χ0v) is 17.7. The number of hydrogen-bond donors (Lipinski definition) is 0. The van der Waals surface area contributed by atoms with Gasteiger partial charge in [-0.2, -0.15) is 0 Å². The maximum Gasteiger partial charge on any atom is 0.269 e. The summed E-state index contributed by atoms with van der Waals surface area (Å²) in [6.07, 6.45) is 11.2. The number of carbonyl (C=O) groups is 2. The molecule has 4 rings (SSSR count). The predicted octanol–water partition coefficient (Wildman–Crippen LogP) is 3.72. The molecule has 6 nitrogen and oxygen atoms in total. The highest BCUT2D eigenvalue weighted by atomic mass is 32.2. The second-order valence-electron chi connectivity index (χ2n) is 8.51. The van der Waals surface area contributed by atoms with Crippen LogP contribution in [0, 0.1) is 0 Å². The molecular formula is C22H30N2O4S. The van der Waals surface area contributed by atoms with E-state index in [2.05, 4.69) is 4.90 Å². The van der Waals surface area contributed by atoms with E-state index in [9.17, 15) is 18.0 Å². The molecule has 0 N–H and O–H groups in total. The van der Waals surface area contributed by atoms with Gasteiger partial charge >= 0.3 is 0 Å². The molecule has 29 heavy (non-hydrogen) atoms. The maximum atomic E-state index is 13.3. The van der Waals surface area contributed by atoms with Crippen molar-refractivity contribution in [1.82, 2.24) is 9.21 Å². The van der Waals surface area contributed by atoms with Gasteiger partial charge in [-0.25, -0.2) is 12.7 Å². The summed E-state index contributed by atoms with van der Waals surface area (Å²) in [5, 5.41) is 0. The first-order valence-corrected chi connectivity index (χ1v) is 12.4. The van der Waals surface area contributed by atoms with Crippen LogP contribution in [0.2, 0.25) is 0 Å². The lowest BCUT2D eigenvalue weighted by molar-refractivity contribution is -0.138. The molecule has 2 amide bonds. The summed E-state index contributed by atoms with van der Waals surface area (Å²) < 4.78 is 26.4. The van der Waals surface area contributed by atoms with Gasteiger partial charge in [-0.15, -0.1) is 0 Å². The minimum Gasteiger partial charge on any atom is -0.337 e. The van der Waals surface area contributed by atoms with E-state index in [1.165, 1.54) is 25.0 Å². The van der Waals surface area contributed by atoms with E-state index in [0.29, 0.717) is 0 Å². The molecule has 0 saturated heterocycles. The zero-order valence-electron chi connectivity index (χ0n) is 16.9. The lowest BCUT2D eigenvalue weighted by Gasteiger charge is -2.42. The highest BCUT2D eigenvalue weighted by molar-refractivity contribution is 7.90. The van der Waals surface area contributed by atoms with Crippen LogP contribution in [0.15, 0.2) is 29.2 Å². The Hall–Kier alpha value is -1.89. The molecular weight excluding hydrogens is 388 g/mol. The van der Waals surface area contributed by atoms with Crippen molar-refractivity contribution < 1.29 is 18.0 Å². The van der Waals surface area contributed by atoms with Crippen LogP contribution >= 0.6 is 0 Å². The van der Waals surface area contributed by atoms with Gasteiger partial charge in [0.25, 0.3) is 15.9 Å². The number of hydrogen-bond acceptors (Lipinski definition) is 4. The van der Waals surface area contributed by atoms with E-state index in [4.69, 9.17) is 0 Å². The van der Waals surface area contributed by atoms with E-state index in [1.807, 2.05) is 0 Å². The molecule has 1 aliphatic heterocycles. The highest BCUT2D eigenvalue weighted by Crippen LogP contribution is 2.32. The average molecular weight is 419 g/mol. The quantitative estimate of drug-likeness (QED) is 0.730. The Morgan fingerprint density at radius 3 is 2.03 bits per heavy atom. The Balaban J connectivity index is 1.48. The van der Waals surface area contributed by atoms with Crippen molar-refractivity contribution >= 4 is 21.8 Å². The monoisotopic (exact) mass is 418 g/mol. The molecule has 0 bridgehead atoms. The van der Waals surface area contributed by atoms with Crippen LogP contribution in [0.25, 0.3) is 0 Å². The van der Waals surface area contributed by atoms with Crippen LogP contribution in [0.4, 0.5) is 0 Å². The number of nitrogens with zero attached hydrogens (tertiary/aromatic N) is 2. The normalized spacial score (nSPS) is 22.5. The fourth-order valence-corrected chi connectivity index (χ4v) is 6.77. The van der Waals surface area contributed by atoms with Crippen molar-refractivity contribution in [2.75, 3.05) is 6.54 Å². The molecule has 7 heteroatoms. The topological polar surface area (TPSA) is 74.8 Å². The van der Waals surface area contributed by atoms with Crippen LogP contribution in [0.3, 0.4) is 0 Å². The summed E-state index contributed by atoms with van der Waals surface area (Å²) in [6, 6.07) is 6.81. The van der Waals surface area contributed by atoms with Crippen LogP contribution < -0.4 is 0 Å². The first kappa shape index (κ1) is 20.4. The summed E-state index contributed by atoms with van der Waals surface area (Å²) >= 11 is 0. The van der Waals surface area contributed by atoms with Gasteiger partial charge in [0.2, 0.25) is 5.91 Å². The summed E-state index contributed by atoms with van der Waals surface area (Å²) in [5.41, 5.74) is 0.205. The van der Waals surface area contributed by atoms with Crippen LogP contribution in [-0.2, 0) is 14.8 Å². The second kappa shape index (κ2) is 8.46. The van der Waals surface area contributed by atoms with Crippen molar-refractivity contribution in [3.05, 3.63) is 29.8 Å². The Kier molecular flexibility index (Phi) is 5.95. The smallest absolute Gasteiger partial charge is 0.269 e. The van der Waals surface area contributed by atoms with Crippen molar-refractivity contribution in [3.63, 3.8) is 0 Å². The fourth-order valence-electron chi connectivity index (χ4n) is 5.20. The molecule has 1 aromatic rings. The number of benzene rings is 1. The van der Waals surface area contributed by atoms with E-state index in [0.717, 1.165) is 55.7 Å². The molecule has 0 radical (unpaired) electrons. The molecule has 3 aliphatic rings. The molecule has 2 aliphatic carbocycles. The van der Waals surface area contributed by atoms with Gasteiger partial charge in [-0.3, -0.25) is 9.59 Å². The molecule has 1 heterocycles. The Morgan fingerprint density at radius 1 is 0.931 bits per heavy atom. The number of fused-ring (bicyclic) bond motifs is 1. The third-order valence-corrected chi connectivity index (χ3v) is 8.51. The number of rotatable bonds is 5. The SMILES string of the molecule is O=C(CCN1C(=O)c2ccccc2S1(=O)=O)N(C1CCCCC1)C1CCCCC1.